The van der Waals surface area contributed by atoms with Gasteiger partial charge in [-0.1, -0.05) is 18.2 Å². The van der Waals surface area contributed by atoms with E-state index in [1.54, 1.807) is 0 Å². The first-order valence-corrected chi connectivity index (χ1v) is 5.79. The molecule has 0 aliphatic heterocycles. The van der Waals surface area contributed by atoms with E-state index in [0.29, 0.717) is 11.1 Å². The molecule has 1 aliphatic rings. The van der Waals surface area contributed by atoms with Crippen LogP contribution in [0.5, 0.6) is 0 Å². The van der Waals surface area contributed by atoms with E-state index in [2.05, 4.69) is 9.69 Å². The highest BCUT2D eigenvalue weighted by Gasteiger charge is 2.27. The number of rotatable bonds is 0. The Hall–Kier alpha value is -3.34. The van der Waals surface area contributed by atoms with Crippen LogP contribution in [-0.2, 0) is 0 Å². The minimum absolute atomic E-state index is 0.0223. The Balaban J connectivity index is 2.90. The molecule has 1 aliphatic carbocycles. The van der Waals surface area contributed by atoms with Gasteiger partial charge in [0.15, 0.2) is 0 Å². The molecular formula is C16H8N4. The van der Waals surface area contributed by atoms with Crippen molar-refractivity contribution < 1.29 is 0 Å². The Labute approximate surface area is 117 Å². The smallest absolute Gasteiger partial charge is 0.226 e. The van der Waals surface area contributed by atoms with Crippen molar-refractivity contribution >= 4 is 11.1 Å². The van der Waals surface area contributed by atoms with Gasteiger partial charge in [0.05, 0.1) is 25.3 Å². The van der Waals surface area contributed by atoms with Gasteiger partial charge in [0.2, 0.25) is 0 Å². The van der Waals surface area contributed by atoms with Crippen LogP contribution in [0.3, 0.4) is 0 Å². The molecule has 1 aromatic rings. The van der Waals surface area contributed by atoms with Gasteiger partial charge in [-0.05, 0) is 41.2 Å². The normalized spacial score (nSPS) is 17.1. The molecule has 0 fully saturated rings. The van der Waals surface area contributed by atoms with Crippen LogP contribution in [-0.4, -0.2) is 0 Å². The number of hydrogen-bond acceptors (Lipinski definition) is 2. The van der Waals surface area contributed by atoms with E-state index in [1.165, 1.54) is 0 Å². The number of nitrogens with zero attached hydrogens (tertiary/aromatic N) is 4. The van der Waals surface area contributed by atoms with E-state index in [0.717, 1.165) is 16.7 Å². The fraction of sp³-hybridized carbons (Fsp3) is 0.125. The van der Waals surface area contributed by atoms with E-state index >= 15 is 0 Å². The average Bonchev–Trinajstić information content (AvgIpc) is 2.83. The van der Waals surface area contributed by atoms with Crippen molar-refractivity contribution in [1.29, 1.82) is 10.5 Å². The highest BCUT2D eigenvalue weighted by Crippen LogP contribution is 2.45. The van der Waals surface area contributed by atoms with Gasteiger partial charge in [-0.3, -0.25) is 0 Å². The van der Waals surface area contributed by atoms with Gasteiger partial charge in [0.1, 0.15) is 0 Å². The fourth-order valence-electron chi connectivity index (χ4n) is 2.41. The molecule has 0 amide bonds. The molecule has 2 rings (SSSR count). The van der Waals surface area contributed by atoms with Crippen molar-refractivity contribution in [3.63, 3.8) is 0 Å². The van der Waals surface area contributed by atoms with Crippen molar-refractivity contribution in [2.75, 3.05) is 0 Å². The molecule has 92 valence electrons. The number of allylic oxidation sites excluding steroid dienone is 4. The second-order valence-corrected chi connectivity index (χ2v) is 4.28. The minimum atomic E-state index is 0.0223. The van der Waals surface area contributed by atoms with Crippen molar-refractivity contribution in [3.8, 4) is 12.1 Å². The molecular weight excluding hydrogens is 248 g/mol. The third kappa shape index (κ3) is 1.83. The summed E-state index contributed by atoms with van der Waals surface area (Å²) in [6.45, 7) is 16.1. The van der Waals surface area contributed by atoms with Crippen molar-refractivity contribution in [2.24, 2.45) is 0 Å². The molecule has 0 aromatic heterocycles. The SMILES string of the molecule is [C-]#[N+]/C(C#N)=C1/C/C(=C(\C#N)[N+]#[C-])c2c(C)cccc21. The quantitative estimate of drug-likeness (QED) is 0.525. The molecule has 0 saturated carbocycles. The molecule has 0 spiro atoms. The van der Waals surface area contributed by atoms with Crippen LogP contribution in [0, 0.1) is 42.7 Å². The highest BCUT2D eigenvalue weighted by atomic mass is 14.7. The van der Waals surface area contributed by atoms with Crippen LogP contribution >= 0.6 is 0 Å². The third-order valence-corrected chi connectivity index (χ3v) is 3.26. The Morgan fingerprint density at radius 3 is 2.25 bits per heavy atom. The maximum Gasteiger partial charge on any atom is 0.265 e. The maximum atomic E-state index is 9.08. The molecule has 0 unspecified atom stereocenters. The highest BCUT2D eigenvalue weighted by molar-refractivity contribution is 5.98. The Bertz CT molecular complexity index is 795. The monoisotopic (exact) mass is 256 g/mol. The van der Waals surface area contributed by atoms with Crippen molar-refractivity contribution in [3.05, 3.63) is 69.1 Å². The second kappa shape index (κ2) is 5.11. The average molecular weight is 256 g/mol. The number of fused-ring (bicyclic) bond motifs is 1. The molecule has 4 heteroatoms. The van der Waals surface area contributed by atoms with E-state index in [9.17, 15) is 0 Å². The molecule has 0 atom stereocenters. The Morgan fingerprint density at radius 1 is 1.10 bits per heavy atom. The third-order valence-electron chi connectivity index (χ3n) is 3.26. The summed E-state index contributed by atoms with van der Waals surface area (Å²) in [6, 6.07) is 9.36. The van der Waals surface area contributed by atoms with Gasteiger partial charge in [0, 0.05) is 0 Å². The second-order valence-electron chi connectivity index (χ2n) is 4.28. The number of nitriles is 2. The predicted molar refractivity (Wildman–Crippen MR) is 74.1 cm³/mol. The lowest BCUT2D eigenvalue weighted by Gasteiger charge is -2.05. The van der Waals surface area contributed by atoms with Crippen LogP contribution in [0.4, 0.5) is 0 Å². The van der Waals surface area contributed by atoms with Gasteiger partial charge >= 0.3 is 0 Å². The molecule has 0 saturated heterocycles. The maximum absolute atomic E-state index is 9.08. The van der Waals surface area contributed by atoms with Crippen molar-refractivity contribution in [1.82, 2.24) is 0 Å². The largest absolute Gasteiger partial charge is 0.265 e. The van der Waals surface area contributed by atoms with Gasteiger partial charge < -0.3 is 0 Å². The minimum Gasteiger partial charge on any atom is -0.226 e. The molecule has 0 bridgehead atoms. The zero-order valence-corrected chi connectivity index (χ0v) is 10.7. The lowest BCUT2D eigenvalue weighted by atomic mass is 10.00. The topological polar surface area (TPSA) is 56.3 Å². The van der Waals surface area contributed by atoms with Crippen LogP contribution in [0.2, 0.25) is 0 Å². The van der Waals surface area contributed by atoms with Gasteiger partial charge in [0.25, 0.3) is 11.4 Å². The van der Waals surface area contributed by atoms with Crippen LogP contribution in [0.1, 0.15) is 23.1 Å². The standard InChI is InChI=1S/C16H8N4/c1-10-5-4-6-11-12(14(8-17)19-2)7-13(16(10)11)15(9-18)20-3/h4-6H,7H2,1H3/b14-12-,15-13-. The molecule has 4 nitrogen and oxygen atoms in total. The zero-order chi connectivity index (χ0) is 14.7. The van der Waals surface area contributed by atoms with E-state index in [1.807, 2.05) is 37.3 Å². The molecule has 1 aromatic carbocycles. The Morgan fingerprint density at radius 2 is 1.70 bits per heavy atom. The summed E-state index contributed by atoms with van der Waals surface area (Å²) >= 11 is 0. The summed E-state index contributed by atoms with van der Waals surface area (Å²) in [5.41, 5.74) is 3.79. The van der Waals surface area contributed by atoms with Crippen molar-refractivity contribution in [2.45, 2.75) is 13.3 Å². The predicted octanol–water partition coefficient (Wildman–Crippen LogP) is 3.71. The lowest BCUT2D eigenvalue weighted by molar-refractivity contribution is 1.40. The first kappa shape index (κ1) is 13.1. The summed E-state index contributed by atoms with van der Waals surface area (Å²) < 4.78 is 0. The molecule has 0 N–H and O–H groups in total. The summed E-state index contributed by atoms with van der Waals surface area (Å²) in [5, 5.41) is 18.1. The van der Waals surface area contributed by atoms with Crippen LogP contribution < -0.4 is 0 Å². The first-order valence-electron chi connectivity index (χ1n) is 5.79. The summed E-state index contributed by atoms with van der Waals surface area (Å²) in [5.74, 6) is 0. The summed E-state index contributed by atoms with van der Waals surface area (Å²) in [7, 11) is 0. The fourth-order valence-corrected chi connectivity index (χ4v) is 2.41. The summed E-state index contributed by atoms with van der Waals surface area (Å²) in [4.78, 5) is 6.51. The molecule has 0 heterocycles. The van der Waals surface area contributed by atoms with Crippen LogP contribution in [0.25, 0.3) is 20.8 Å². The first-order chi connectivity index (χ1) is 9.67. The van der Waals surface area contributed by atoms with E-state index < -0.39 is 0 Å². The zero-order valence-electron chi connectivity index (χ0n) is 10.7. The Kier molecular flexibility index (Phi) is 3.35. The van der Waals surface area contributed by atoms with Gasteiger partial charge in [-0.25, -0.2) is 20.2 Å². The van der Waals surface area contributed by atoms with Gasteiger partial charge in [-0.15, -0.1) is 0 Å². The van der Waals surface area contributed by atoms with E-state index in [4.69, 9.17) is 23.7 Å². The summed E-state index contributed by atoms with van der Waals surface area (Å²) in [6.07, 6.45) is 0.288. The number of benzene rings is 1. The van der Waals surface area contributed by atoms with Crippen LogP contribution in [0.15, 0.2) is 29.6 Å². The van der Waals surface area contributed by atoms with Gasteiger partial charge in [-0.2, -0.15) is 0 Å². The number of aryl methyl sites for hydroxylation is 1. The lowest BCUT2D eigenvalue weighted by Crippen LogP contribution is -1.88. The molecule has 0 radical (unpaired) electrons. The van der Waals surface area contributed by atoms with E-state index in [-0.39, 0.29) is 17.8 Å². The number of hydrogen-bond donors (Lipinski definition) is 0. The molecule has 20 heavy (non-hydrogen) atoms.